The Hall–Kier alpha value is -3.65. The van der Waals surface area contributed by atoms with Gasteiger partial charge >= 0.3 is 5.97 Å². The zero-order valence-corrected chi connectivity index (χ0v) is 13.5. The number of para-hydroxylation sites is 1. The summed E-state index contributed by atoms with van der Waals surface area (Å²) in [5, 5.41) is 9.33. The van der Waals surface area contributed by atoms with E-state index >= 15 is 0 Å². The number of carbonyl (C=O) groups is 1. The number of carbonyl (C=O) groups excluding carboxylic acids is 1. The van der Waals surface area contributed by atoms with Gasteiger partial charge in [-0.15, -0.1) is 0 Å². The van der Waals surface area contributed by atoms with E-state index in [1.807, 2.05) is 6.07 Å². The Balaban J connectivity index is 2.34. The van der Waals surface area contributed by atoms with Crippen molar-refractivity contribution < 1.29 is 9.53 Å². The number of esters is 1. The van der Waals surface area contributed by atoms with Gasteiger partial charge in [0.2, 0.25) is 0 Å². The third-order valence-electron chi connectivity index (χ3n) is 3.81. The Labute approximate surface area is 144 Å². The maximum absolute atomic E-state index is 13.0. The van der Waals surface area contributed by atoms with Gasteiger partial charge in [0.15, 0.2) is 0 Å². The smallest absolute Gasteiger partial charge is 0.339 e. The molecule has 0 aliphatic heterocycles. The lowest BCUT2D eigenvalue weighted by Gasteiger charge is -2.12. The van der Waals surface area contributed by atoms with Gasteiger partial charge < -0.3 is 4.74 Å². The van der Waals surface area contributed by atoms with Crippen LogP contribution >= 0.6 is 0 Å². The Bertz CT molecular complexity index is 1030. The van der Waals surface area contributed by atoms with Crippen LogP contribution in [0.4, 0.5) is 0 Å². The molecule has 0 atom stereocenters. The normalized spacial score (nSPS) is 10.1. The second-order valence-electron chi connectivity index (χ2n) is 5.30. The number of nitrogens with zero attached hydrogens (tertiary/aromatic N) is 2. The Morgan fingerprint density at radius 3 is 2.40 bits per heavy atom. The van der Waals surface area contributed by atoms with Crippen molar-refractivity contribution in [1.29, 1.82) is 5.26 Å². The van der Waals surface area contributed by atoms with Crippen LogP contribution in [0.1, 0.15) is 15.9 Å². The lowest BCUT2D eigenvalue weighted by molar-refractivity contribution is 0.0600. The van der Waals surface area contributed by atoms with Gasteiger partial charge in [0.1, 0.15) is 0 Å². The molecule has 122 valence electrons. The summed E-state index contributed by atoms with van der Waals surface area (Å²) < 4.78 is 6.18. The first-order chi connectivity index (χ1) is 12.2. The molecule has 1 heterocycles. The van der Waals surface area contributed by atoms with Crippen molar-refractivity contribution in [2.24, 2.45) is 0 Å². The van der Waals surface area contributed by atoms with Crippen molar-refractivity contribution in [2.45, 2.75) is 0 Å². The van der Waals surface area contributed by atoms with Crippen molar-refractivity contribution in [2.75, 3.05) is 7.11 Å². The fraction of sp³-hybridized carbons (Fsp3) is 0.0500. The molecular formula is C20H14N2O3. The van der Waals surface area contributed by atoms with Crippen molar-refractivity contribution in [1.82, 2.24) is 4.57 Å². The monoisotopic (exact) mass is 330 g/mol. The molecule has 2 aromatic carbocycles. The predicted molar refractivity (Wildman–Crippen MR) is 93.5 cm³/mol. The summed E-state index contributed by atoms with van der Waals surface area (Å²) in [5.74, 6) is -0.555. The second-order valence-corrected chi connectivity index (χ2v) is 5.30. The van der Waals surface area contributed by atoms with Gasteiger partial charge in [0.05, 0.1) is 24.3 Å². The van der Waals surface area contributed by atoms with Gasteiger partial charge in [-0.3, -0.25) is 9.36 Å². The number of methoxy groups -OCH3 is 1. The average Bonchev–Trinajstić information content (AvgIpc) is 2.68. The van der Waals surface area contributed by atoms with E-state index in [1.54, 1.807) is 48.5 Å². The first-order valence-electron chi connectivity index (χ1n) is 7.55. The minimum absolute atomic E-state index is 0.230. The molecule has 0 bridgehead atoms. The van der Waals surface area contributed by atoms with Crippen molar-refractivity contribution in [3.8, 4) is 22.9 Å². The number of hydrogen-bond acceptors (Lipinski definition) is 4. The molecule has 0 N–H and O–H groups in total. The van der Waals surface area contributed by atoms with Gasteiger partial charge in [0, 0.05) is 23.0 Å². The third kappa shape index (κ3) is 3.06. The Morgan fingerprint density at radius 1 is 1.04 bits per heavy atom. The molecule has 3 rings (SSSR count). The fourth-order valence-electron chi connectivity index (χ4n) is 2.60. The largest absolute Gasteiger partial charge is 0.465 e. The average molecular weight is 330 g/mol. The summed E-state index contributed by atoms with van der Waals surface area (Å²) in [7, 11) is 1.28. The van der Waals surface area contributed by atoms with Crippen LogP contribution in [0.15, 0.2) is 71.7 Å². The number of benzene rings is 2. The minimum Gasteiger partial charge on any atom is -0.465 e. The highest BCUT2D eigenvalue weighted by Gasteiger charge is 2.16. The van der Waals surface area contributed by atoms with Crippen LogP contribution in [0, 0.1) is 11.3 Å². The molecule has 0 spiro atoms. The quantitative estimate of drug-likeness (QED) is 0.692. The van der Waals surface area contributed by atoms with Crippen molar-refractivity contribution in [3.63, 3.8) is 0 Å². The Kier molecular flexibility index (Phi) is 4.44. The van der Waals surface area contributed by atoms with Crippen LogP contribution in [0.25, 0.3) is 16.8 Å². The molecule has 25 heavy (non-hydrogen) atoms. The molecule has 5 nitrogen and oxygen atoms in total. The minimum atomic E-state index is -0.555. The number of rotatable bonds is 3. The second kappa shape index (κ2) is 6.85. The zero-order valence-electron chi connectivity index (χ0n) is 13.5. The summed E-state index contributed by atoms with van der Waals surface area (Å²) in [5.41, 5.74) is 1.64. The molecule has 0 unspecified atom stereocenters. The summed E-state index contributed by atoms with van der Waals surface area (Å²) in [6.07, 6.45) is 1.45. The molecule has 0 amide bonds. The third-order valence-corrected chi connectivity index (χ3v) is 3.81. The number of pyridine rings is 1. The lowest BCUT2D eigenvalue weighted by Crippen LogP contribution is -2.22. The SMILES string of the molecule is COC(=O)c1cc(-c2ccccc2C#N)c(=O)n(-c2ccccc2)c1. The van der Waals surface area contributed by atoms with Gasteiger partial charge in [-0.25, -0.2) is 4.79 Å². The van der Waals surface area contributed by atoms with E-state index in [9.17, 15) is 14.9 Å². The summed E-state index contributed by atoms with van der Waals surface area (Å²) in [6.45, 7) is 0. The molecule has 5 heteroatoms. The van der Waals surface area contributed by atoms with Crippen LogP contribution in [0.3, 0.4) is 0 Å². The molecule has 0 saturated carbocycles. The fourth-order valence-corrected chi connectivity index (χ4v) is 2.60. The molecule has 0 fully saturated rings. The van der Waals surface area contributed by atoms with E-state index in [-0.39, 0.29) is 16.7 Å². The van der Waals surface area contributed by atoms with Gasteiger partial charge in [-0.05, 0) is 24.3 Å². The highest BCUT2D eigenvalue weighted by molar-refractivity contribution is 5.91. The van der Waals surface area contributed by atoms with E-state index < -0.39 is 5.97 Å². The maximum Gasteiger partial charge on any atom is 0.339 e. The topological polar surface area (TPSA) is 72.1 Å². The van der Waals surface area contributed by atoms with E-state index in [0.717, 1.165) is 0 Å². The number of hydrogen-bond donors (Lipinski definition) is 0. The summed E-state index contributed by atoms with van der Waals surface area (Å²) in [6, 6.07) is 19.3. The van der Waals surface area contributed by atoms with E-state index in [1.165, 1.54) is 23.9 Å². The van der Waals surface area contributed by atoms with E-state index in [2.05, 4.69) is 6.07 Å². The molecule has 0 aliphatic carbocycles. The van der Waals surface area contributed by atoms with Gasteiger partial charge in [0.25, 0.3) is 5.56 Å². The summed E-state index contributed by atoms with van der Waals surface area (Å²) >= 11 is 0. The standard InChI is InChI=1S/C20H14N2O3/c1-25-20(24)15-11-18(17-10-6-5-7-14(17)12-21)19(23)22(13-15)16-8-3-2-4-9-16/h2-11,13H,1H3. The Morgan fingerprint density at radius 2 is 1.72 bits per heavy atom. The van der Waals surface area contributed by atoms with Crippen molar-refractivity contribution >= 4 is 5.97 Å². The van der Waals surface area contributed by atoms with Crippen LogP contribution in [-0.2, 0) is 4.74 Å². The van der Waals surface area contributed by atoms with Crippen LogP contribution in [0.5, 0.6) is 0 Å². The molecule has 0 saturated heterocycles. The van der Waals surface area contributed by atoms with E-state index in [4.69, 9.17) is 4.74 Å². The van der Waals surface area contributed by atoms with Crippen LogP contribution in [-0.4, -0.2) is 17.6 Å². The maximum atomic E-state index is 13.0. The van der Waals surface area contributed by atoms with Crippen molar-refractivity contribution in [3.05, 3.63) is 88.3 Å². The number of aromatic nitrogens is 1. The van der Waals surface area contributed by atoms with Gasteiger partial charge in [-0.1, -0.05) is 36.4 Å². The lowest BCUT2D eigenvalue weighted by atomic mass is 10.00. The highest BCUT2D eigenvalue weighted by Crippen LogP contribution is 2.22. The molecular weight excluding hydrogens is 316 g/mol. The first-order valence-corrected chi connectivity index (χ1v) is 7.55. The van der Waals surface area contributed by atoms with Gasteiger partial charge in [-0.2, -0.15) is 5.26 Å². The first kappa shape index (κ1) is 16.2. The summed E-state index contributed by atoms with van der Waals surface area (Å²) in [4.78, 5) is 25.0. The number of ether oxygens (including phenoxy) is 1. The van der Waals surface area contributed by atoms with E-state index in [0.29, 0.717) is 16.8 Å². The molecule has 3 aromatic rings. The molecule has 0 radical (unpaired) electrons. The van der Waals surface area contributed by atoms with Crippen LogP contribution in [0.2, 0.25) is 0 Å². The number of nitriles is 1. The van der Waals surface area contributed by atoms with Crippen LogP contribution < -0.4 is 5.56 Å². The zero-order chi connectivity index (χ0) is 17.8. The molecule has 1 aromatic heterocycles. The molecule has 0 aliphatic rings. The highest BCUT2D eigenvalue weighted by atomic mass is 16.5. The predicted octanol–water partition coefficient (Wildman–Crippen LogP) is 3.16.